The van der Waals surface area contributed by atoms with Crippen molar-refractivity contribution in [2.45, 2.75) is 32.4 Å². The molecule has 0 bridgehead atoms. The molecular formula is C27H37N3O3. The van der Waals surface area contributed by atoms with E-state index < -0.39 is 0 Å². The summed E-state index contributed by atoms with van der Waals surface area (Å²) in [6.07, 6.45) is 3.56. The fourth-order valence-corrected chi connectivity index (χ4v) is 5.25. The summed E-state index contributed by atoms with van der Waals surface area (Å²) in [5.41, 5.74) is 2.32. The topological polar surface area (TPSA) is 54.0 Å². The molecule has 2 saturated heterocycles. The molecule has 1 N–H and O–H groups in total. The van der Waals surface area contributed by atoms with Gasteiger partial charge in [0, 0.05) is 32.7 Å². The Kier molecular flexibility index (Phi) is 8.24. The van der Waals surface area contributed by atoms with Crippen molar-refractivity contribution in [2.24, 2.45) is 11.8 Å². The molecule has 2 fully saturated rings. The molecule has 2 aliphatic heterocycles. The smallest absolute Gasteiger partial charge is 0.224 e. The van der Waals surface area contributed by atoms with Crippen LogP contribution in [0.3, 0.4) is 0 Å². The van der Waals surface area contributed by atoms with Crippen LogP contribution in [0.1, 0.15) is 30.4 Å². The van der Waals surface area contributed by atoms with Crippen LogP contribution in [-0.2, 0) is 17.9 Å². The van der Waals surface area contributed by atoms with Gasteiger partial charge in [-0.15, -0.1) is 0 Å². The Morgan fingerprint density at radius 1 is 0.939 bits per heavy atom. The summed E-state index contributed by atoms with van der Waals surface area (Å²) in [4.78, 5) is 18.3. The molecule has 0 saturated carbocycles. The zero-order chi connectivity index (χ0) is 23.0. The zero-order valence-corrected chi connectivity index (χ0v) is 20.0. The van der Waals surface area contributed by atoms with Gasteiger partial charge in [-0.3, -0.25) is 9.69 Å². The van der Waals surface area contributed by atoms with E-state index in [1.54, 1.807) is 14.2 Å². The summed E-state index contributed by atoms with van der Waals surface area (Å²) < 4.78 is 10.7. The third kappa shape index (κ3) is 6.49. The molecule has 6 heteroatoms. The highest BCUT2D eigenvalue weighted by atomic mass is 16.5. The summed E-state index contributed by atoms with van der Waals surface area (Å²) in [6, 6.07) is 16.4. The number of likely N-dealkylation sites (tertiary alicyclic amines) is 2. The van der Waals surface area contributed by atoms with Gasteiger partial charge in [0.1, 0.15) is 0 Å². The van der Waals surface area contributed by atoms with Gasteiger partial charge in [0.2, 0.25) is 5.91 Å². The van der Waals surface area contributed by atoms with Gasteiger partial charge in [0.25, 0.3) is 0 Å². The average Bonchev–Trinajstić information content (AvgIpc) is 3.35. The summed E-state index contributed by atoms with van der Waals surface area (Å²) in [7, 11) is 3.26. The molecule has 33 heavy (non-hydrogen) atoms. The van der Waals surface area contributed by atoms with Crippen LogP contribution in [0.2, 0.25) is 0 Å². The molecule has 2 aliphatic rings. The molecule has 0 aromatic heterocycles. The summed E-state index contributed by atoms with van der Waals surface area (Å²) >= 11 is 0. The number of methoxy groups -OCH3 is 2. The maximum atomic E-state index is 13.2. The maximum Gasteiger partial charge on any atom is 0.224 e. The molecule has 0 spiro atoms. The SMILES string of the molecule is COc1ccc(CNC(=O)[C@@H]2C[C@H](CN3CCCC3)CN(Cc3ccccc3)C2)cc1OC. The fourth-order valence-electron chi connectivity index (χ4n) is 5.25. The van der Waals surface area contributed by atoms with Crippen LogP contribution in [0.4, 0.5) is 0 Å². The van der Waals surface area contributed by atoms with Crippen molar-refractivity contribution in [1.82, 2.24) is 15.1 Å². The van der Waals surface area contributed by atoms with Crippen molar-refractivity contribution in [2.75, 3.05) is 46.9 Å². The first-order chi connectivity index (χ1) is 16.1. The molecule has 2 heterocycles. The van der Waals surface area contributed by atoms with Gasteiger partial charge < -0.3 is 19.7 Å². The number of rotatable bonds is 9. The van der Waals surface area contributed by atoms with E-state index in [-0.39, 0.29) is 11.8 Å². The molecule has 4 rings (SSSR count). The molecule has 0 aliphatic carbocycles. The Morgan fingerprint density at radius 2 is 1.70 bits per heavy atom. The number of ether oxygens (including phenoxy) is 2. The number of benzene rings is 2. The molecule has 6 nitrogen and oxygen atoms in total. The van der Waals surface area contributed by atoms with Gasteiger partial charge in [-0.2, -0.15) is 0 Å². The zero-order valence-electron chi connectivity index (χ0n) is 20.0. The lowest BCUT2D eigenvalue weighted by atomic mass is 9.87. The lowest BCUT2D eigenvalue weighted by Crippen LogP contribution is -2.48. The van der Waals surface area contributed by atoms with E-state index >= 15 is 0 Å². The molecule has 0 radical (unpaired) electrons. The van der Waals surface area contributed by atoms with E-state index in [9.17, 15) is 4.79 Å². The van der Waals surface area contributed by atoms with Crippen LogP contribution in [-0.4, -0.2) is 62.7 Å². The summed E-state index contributed by atoms with van der Waals surface area (Å²) in [5.74, 6) is 2.06. The third-order valence-corrected chi connectivity index (χ3v) is 6.86. The molecular weight excluding hydrogens is 414 g/mol. The number of piperidine rings is 1. The number of nitrogens with one attached hydrogen (secondary N) is 1. The highest BCUT2D eigenvalue weighted by molar-refractivity contribution is 5.79. The Labute approximate surface area is 197 Å². The van der Waals surface area contributed by atoms with E-state index in [0.29, 0.717) is 24.0 Å². The quantitative estimate of drug-likeness (QED) is 0.632. The second-order valence-electron chi connectivity index (χ2n) is 9.39. The average molecular weight is 452 g/mol. The van der Waals surface area contributed by atoms with Gasteiger partial charge in [0.15, 0.2) is 11.5 Å². The van der Waals surface area contributed by atoms with Crippen LogP contribution < -0.4 is 14.8 Å². The molecule has 2 aromatic rings. The lowest BCUT2D eigenvalue weighted by Gasteiger charge is -2.38. The van der Waals surface area contributed by atoms with Crippen molar-refractivity contribution in [3.63, 3.8) is 0 Å². The maximum absolute atomic E-state index is 13.2. The van der Waals surface area contributed by atoms with E-state index in [1.807, 2.05) is 18.2 Å². The Hall–Kier alpha value is -2.57. The van der Waals surface area contributed by atoms with Gasteiger partial charge in [-0.05, 0) is 61.5 Å². The summed E-state index contributed by atoms with van der Waals surface area (Å²) in [5, 5.41) is 3.18. The predicted octanol–water partition coefficient (Wildman–Crippen LogP) is 3.55. The van der Waals surface area contributed by atoms with Crippen molar-refractivity contribution in [1.29, 1.82) is 0 Å². The number of hydrogen-bond acceptors (Lipinski definition) is 5. The van der Waals surface area contributed by atoms with E-state index in [4.69, 9.17) is 9.47 Å². The normalized spacial score (nSPS) is 21.6. The number of amides is 1. The van der Waals surface area contributed by atoms with Crippen molar-refractivity contribution >= 4 is 5.91 Å². The van der Waals surface area contributed by atoms with Gasteiger partial charge in [-0.1, -0.05) is 36.4 Å². The Balaban J connectivity index is 1.39. The first-order valence-corrected chi connectivity index (χ1v) is 12.1. The number of carbonyl (C=O) groups excluding carboxylic acids is 1. The molecule has 2 atom stereocenters. The van der Waals surface area contributed by atoms with Gasteiger partial charge in [0.05, 0.1) is 20.1 Å². The number of carbonyl (C=O) groups is 1. The third-order valence-electron chi connectivity index (χ3n) is 6.86. The van der Waals surface area contributed by atoms with Crippen molar-refractivity contribution in [3.05, 3.63) is 59.7 Å². The second-order valence-corrected chi connectivity index (χ2v) is 9.39. The van der Waals surface area contributed by atoms with Crippen LogP contribution in [0, 0.1) is 11.8 Å². The molecule has 2 aromatic carbocycles. The number of hydrogen-bond donors (Lipinski definition) is 1. The highest BCUT2D eigenvalue weighted by Gasteiger charge is 2.32. The van der Waals surface area contributed by atoms with E-state index in [2.05, 4.69) is 45.4 Å². The predicted molar refractivity (Wildman–Crippen MR) is 130 cm³/mol. The lowest BCUT2D eigenvalue weighted by molar-refractivity contribution is -0.127. The van der Waals surface area contributed by atoms with Crippen LogP contribution >= 0.6 is 0 Å². The molecule has 1 amide bonds. The largest absolute Gasteiger partial charge is 0.493 e. The number of nitrogens with zero attached hydrogens (tertiary/aromatic N) is 2. The van der Waals surface area contributed by atoms with E-state index in [1.165, 1.54) is 31.5 Å². The van der Waals surface area contributed by atoms with Crippen molar-refractivity contribution < 1.29 is 14.3 Å². The fraction of sp³-hybridized carbons (Fsp3) is 0.519. The van der Waals surface area contributed by atoms with Crippen LogP contribution in [0.15, 0.2) is 48.5 Å². The minimum atomic E-state index is 0.00945. The highest BCUT2D eigenvalue weighted by Crippen LogP contribution is 2.28. The minimum absolute atomic E-state index is 0.00945. The second kappa shape index (κ2) is 11.5. The van der Waals surface area contributed by atoms with Crippen LogP contribution in [0.25, 0.3) is 0 Å². The standard InChI is InChI=1S/C27H37N3O3/c1-32-25-11-10-22(15-26(25)33-2)16-28-27(31)24-14-23(18-29-12-6-7-13-29)19-30(20-24)17-21-8-4-3-5-9-21/h3-5,8-11,15,23-24H,6-7,12-14,16-20H2,1-2H3,(H,28,31)/t23-,24-/m1/s1. The monoisotopic (exact) mass is 451 g/mol. The Morgan fingerprint density at radius 3 is 2.42 bits per heavy atom. The Bertz CT molecular complexity index is 899. The van der Waals surface area contributed by atoms with E-state index in [0.717, 1.165) is 38.2 Å². The molecule has 178 valence electrons. The van der Waals surface area contributed by atoms with Gasteiger partial charge in [-0.25, -0.2) is 0 Å². The first kappa shape index (κ1) is 23.6. The van der Waals surface area contributed by atoms with Crippen LogP contribution in [0.5, 0.6) is 11.5 Å². The van der Waals surface area contributed by atoms with Crippen molar-refractivity contribution in [3.8, 4) is 11.5 Å². The molecule has 0 unspecified atom stereocenters. The summed E-state index contributed by atoms with van der Waals surface area (Å²) in [6.45, 7) is 6.76. The van der Waals surface area contributed by atoms with Gasteiger partial charge >= 0.3 is 0 Å². The minimum Gasteiger partial charge on any atom is -0.493 e. The first-order valence-electron chi connectivity index (χ1n) is 12.1.